The van der Waals surface area contributed by atoms with Crippen LogP contribution < -0.4 is 0 Å². The van der Waals surface area contributed by atoms with Crippen molar-refractivity contribution < 1.29 is 0 Å². The Morgan fingerprint density at radius 3 is 2.50 bits per heavy atom. The van der Waals surface area contributed by atoms with Gasteiger partial charge in [0.25, 0.3) is 0 Å². The molecule has 4 fully saturated rings. The van der Waals surface area contributed by atoms with Crippen molar-refractivity contribution in [2.75, 3.05) is 19.6 Å². The number of likely N-dealkylation sites (tertiary alicyclic amines) is 1. The van der Waals surface area contributed by atoms with E-state index in [4.69, 9.17) is 0 Å². The Bertz CT molecular complexity index is 466. The molecule has 3 aliphatic carbocycles. The van der Waals surface area contributed by atoms with E-state index < -0.39 is 0 Å². The number of benzene rings is 1. The van der Waals surface area contributed by atoms with Crippen molar-refractivity contribution in [2.45, 2.75) is 51.4 Å². The van der Waals surface area contributed by atoms with Crippen LogP contribution in [0.2, 0.25) is 0 Å². The summed E-state index contributed by atoms with van der Waals surface area (Å²) in [6.45, 7) is 4.01. The van der Waals surface area contributed by atoms with E-state index in [9.17, 15) is 0 Å². The molecule has 5 rings (SSSR count). The summed E-state index contributed by atoms with van der Waals surface area (Å²) in [5.74, 6) is 2.13. The topological polar surface area (TPSA) is 3.24 Å². The molecule has 3 saturated carbocycles. The molecule has 1 aromatic rings. The molecule has 0 N–H and O–H groups in total. The minimum absolute atomic E-state index is 0. The highest BCUT2D eigenvalue weighted by Crippen LogP contribution is 2.56. The van der Waals surface area contributed by atoms with E-state index in [-0.39, 0.29) is 12.4 Å². The fourth-order valence-electron chi connectivity index (χ4n) is 5.60. The van der Waals surface area contributed by atoms with Gasteiger partial charge < -0.3 is 4.90 Å². The number of nitrogens with zero attached hydrogens (tertiary/aromatic N) is 1. The zero-order valence-electron chi connectivity index (χ0n) is 13.7. The molecule has 0 aromatic heterocycles. The summed E-state index contributed by atoms with van der Waals surface area (Å²) >= 11 is 0. The quantitative estimate of drug-likeness (QED) is 0.762. The van der Waals surface area contributed by atoms with Crippen LogP contribution in [0.15, 0.2) is 30.3 Å². The highest BCUT2D eigenvalue weighted by atomic mass is 35.5. The molecule has 4 aliphatic rings. The second kappa shape index (κ2) is 6.93. The highest BCUT2D eigenvalue weighted by Gasteiger charge is 2.48. The number of piperidine rings is 1. The summed E-state index contributed by atoms with van der Waals surface area (Å²) < 4.78 is 0. The summed E-state index contributed by atoms with van der Waals surface area (Å²) in [6, 6.07) is 11.0. The van der Waals surface area contributed by atoms with Gasteiger partial charge in [-0.25, -0.2) is 0 Å². The van der Waals surface area contributed by atoms with E-state index in [0.717, 1.165) is 17.3 Å². The SMILES string of the molecule is Cl.c1ccc(CCN2CCCC3(CC4CCC3CC4)C2)cc1. The Morgan fingerprint density at radius 1 is 1.05 bits per heavy atom. The molecule has 0 radical (unpaired) electrons. The van der Waals surface area contributed by atoms with Crippen LogP contribution in [0.4, 0.5) is 0 Å². The van der Waals surface area contributed by atoms with Gasteiger partial charge in [-0.05, 0) is 67.9 Å². The minimum atomic E-state index is 0. The minimum Gasteiger partial charge on any atom is -0.302 e. The zero-order valence-corrected chi connectivity index (χ0v) is 14.5. The van der Waals surface area contributed by atoms with Crippen molar-refractivity contribution in [3.8, 4) is 0 Å². The molecular weight excluding hydrogens is 290 g/mol. The van der Waals surface area contributed by atoms with Gasteiger partial charge in [0.15, 0.2) is 0 Å². The van der Waals surface area contributed by atoms with Crippen LogP contribution in [0, 0.1) is 17.3 Å². The maximum Gasteiger partial charge on any atom is 0.00409 e. The number of fused-ring (bicyclic) bond motifs is 2. The third-order valence-corrected chi connectivity index (χ3v) is 6.66. The average Bonchev–Trinajstić information content (AvgIpc) is 2.55. The van der Waals surface area contributed by atoms with Gasteiger partial charge in [-0.2, -0.15) is 0 Å². The lowest BCUT2D eigenvalue weighted by atomic mass is 9.53. The average molecular weight is 320 g/mol. The van der Waals surface area contributed by atoms with Crippen molar-refractivity contribution in [3.63, 3.8) is 0 Å². The van der Waals surface area contributed by atoms with Gasteiger partial charge >= 0.3 is 0 Å². The highest BCUT2D eigenvalue weighted by molar-refractivity contribution is 5.85. The molecule has 0 amide bonds. The fraction of sp³-hybridized carbons (Fsp3) is 0.700. The predicted octanol–water partition coefficient (Wildman–Crippen LogP) is 4.94. The number of hydrogen-bond donors (Lipinski definition) is 0. The van der Waals surface area contributed by atoms with Gasteiger partial charge in [-0.3, -0.25) is 0 Å². The Labute approximate surface area is 141 Å². The Morgan fingerprint density at radius 2 is 1.82 bits per heavy atom. The number of hydrogen-bond acceptors (Lipinski definition) is 1. The summed E-state index contributed by atoms with van der Waals surface area (Å²) in [5.41, 5.74) is 2.22. The molecule has 1 aliphatic heterocycles. The standard InChI is InChI=1S/C20H29N.ClH/c1-2-5-17(6-3-1)11-14-21-13-4-12-20(16-21)15-18-7-9-19(20)10-8-18;/h1-3,5-6,18-19H,4,7-16H2;1H. The number of halogens is 1. The third kappa shape index (κ3) is 3.21. The normalized spacial score (nSPS) is 34.5. The van der Waals surface area contributed by atoms with Crippen LogP contribution in [0.25, 0.3) is 0 Å². The largest absolute Gasteiger partial charge is 0.302 e. The fourth-order valence-corrected chi connectivity index (χ4v) is 5.60. The van der Waals surface area contributed by atoms with E-state index in [1.807, 2.05) is 0 Å². The van der Waals surface area contributed by atoms with E-state index in [0.29, 0.717) is 0 Å². The lowest BCUT2D eigenvalue weighted by molar-refractivity contribution is -0.0535. The van der Waals surface area contributed by atoms with Gasteiger partial charge in [-0.1, -0.05) is 43.2 Å². The monoisotopic (exact) mass is 319 g/mol. The van der Waals surface area contributed by atoms with Crippen molar-refractivity contribution >= 4 is 12.4 Å². The van der Waals surface area contributed by atoms with Crippen LogP contribution in [0.1, 0.15) is 50.5 Å². The molecule has 1 atom stereocenters. The molecule has 1 aromatic carbocycles. The van der Waals surface area contributed by atoms with Gasteiger partial charge in [0.2, 0.25) is 0 Å². The molecule has 2 heteroatoms. The van der Waals surface area contributed by atoms with E-state index >= 15 is 0 Å². The molecule has 2 bridgehead atoms. The van der Waals surface area contributed by atoms with Gasteiger partial charge in [0.05, 0.1) is 0 Å². The van der Waals surface area contributed by atoms with E-state index in [1.54, 1.807) is 6.42 Å². The lowest BCUT2D eigenvalue weighted by Gasteiger charge is -2.56. The smallest absolute Gasteiger partial charge is 0.00409 e. The Balaban J connectivity index is 0.00000144. The van der Waals surface area contributed by atoms with Gasteiger partial charge in [-0.15, -0.1) is 12.4 Å². The Hall–Kier alpha value is -0.530. The molecule has 122 valence electrons. The first-order chi connectivity index (χ1) is 10.3. The second-order valence-electron chi connectivity index (χ2n) is 7.90. The van der Waals surface area contributed by atoms with Crippen LogP contribution in [-0.4, -0.2) is 24.5 Å². The van der Waals surface area contributed by atoms with Gasteiger partial charge in [0, 0.05) is 13.1 Å². The Kier molecular flexibility index (Phi) is 5.14. The van der Waals surface area contributed by atoms with Crippen LogP contribution in [-0.2, 0) is 6.42 Å². The summed E-state index contributed by atoms with van der Waals surface area (Å²) in [7, 11) is 0. The van der Waals surface area contributed by atoms with Gasteiger partial charge in [0.1, 0.15) is 0 Å². The van der Waals surface area contributed by atoms with Crippen LogP contribution in [0.3, 0.4) is 0 Å². The van der Waals surface area contributed by atoms with Crippen molar-refractivity contribution in [1.82, 2.24) is 4.90 Å². The van der Waals surface area contributed by atoms with Crippen LogP contribution >= 0.6 is 12.4 Å². The second-order valence-corrected chi connectivity index (χ2v) is 7.90. The first-order valence-electron chi connectivity index (χ1n) is 9.10. The first-order valence-corrected chi connectivity index (χ1v) is 9.10. The van der Waals surface area contributed by atoms with Crippen molar-refractivity contribution in [1.29, 1.82) is 0 Å². The summed E-state index contributed by atoms with van der Waals surface area (Å²) in [6.07, 6.45) is 11.9. The van der Waals surface area contributed by atoms with Crippen molar-refractivity contribution in [3.05, 3.63) is 35.9 Å². The molecular formula is C20H30ClN. The van der Waals surface area contributed by atoms with Crippen molar-refractivity contribution in [2.24, 2.45) is 17.3 Å². The zero-order chi connectivity index (χ0) is 14.1. The molecule has 1 spiro atoms. The van der Waals surface area contributed by atoms with Crippen LogP contribution in [0.5, 0.6) is 0 Å². The maximum atomic E-state index is 2.79. The molecule has 1 heterocycles. The predicted molar refractivity (Wildman–Crippen MR) is 95.6 cm³/mol. The molecule has 1 nitrogen and oxygen atoms in total. The van der Waals surface area contributed by atoms with E-state index in [2.05, 4.69) is 35.2 Å². The first kappa shape index (κ1) is 16.3. The van der Waals surface area contributed by atoms with E-state index in [1.165, 1.54) is 70.1 Å². The molecule has 22 heavy (non-hydrogen) atoms. The lowest BCUT2D eigenvalue weighted by Crippen LogP contribution is -2.52. The third-order valence-electron chi connectivity index (χ3n) is 6.66. The molecule has 1 unspecified atom stereocenters. The number of rotatable bonds is 3. The summed E-state index contributed by atoms with van der Waals surface area (Å²) in [4.78, 5) is 2.79. The molecule has 1 saturated heterocycles. The summed E-state index contributed by atoms with van der Waals surface area (Å²) in [5, 5.41) is 0. The maximum absolute atomic E-state index is 2.79.